The minimum Gasteiger partial charge on any atom is -0.366 e. The summed E-state index contributed by atoms with van der Waals surface area (Å²) >= 11 is 0. The Hall–Kier alpha value is -1.59. The normalized spacial score (nSPS) is 26.0. The van der Waals surface area contributed by atoms with Gasteiger partial charge in [-0.05, 0) is 31.1 Å². The molecular formula is C17H28N3O2+. The van der Waals surface area contributed by atoms with Gasteiger partial charge in [0.2, 0.25) is 5.91 Å². The van der Waals surface area contributed by atoms with Crippen LogP contribution in [0.25, 0.3) is 0 Å². The number of hydroxylamine groups is 2. The third kappa shape index (κ3) is 3.99. The lowest BCUT2D eigenvalue weighted by Gasteiger charge is -2.39. The number of carbonyl (C=O) groups excluding carboxylic acids is 1. The fourth-order valence-corrected chi connectivity index (χ4v) is 2.87. The van der Waals surface area contributed by atoms with E-state index in [2.05, 4.69) is 31.7 Å². The van der Waals surface area contributed by atoms with Crippen LogP contribution in [0.15, 0.2) is 36.2 Å². The Labute approximate surface area is 133 Å². The van der Waals surface area contributed by atoms with Crippen molar-refractivity contribution in [2.24, 2.45) is 5.92 Å². The van der Waals surface area contributed by atoms with E-state index >= 15 is 0 Å². The molecule has 5 nitrogen and oxygen atoms in total. The largest absolute Gasteiger partial charge is 0.366 e. The first-order valence-electron chi connectivity index (χ1n) is 8.04. The van der Waals surface area contributed by atoms with Gasteiger partial charge in [0.05, 0.1) is 12.8 Å². The second-order valence-electron chi connectivity index (χ2n) is 6.19. The van der Waals surface area contributed by atoms with Gasteiger partial charge >= 0.3 is 0 Å². The molecule has 1 saturated heterocycles. The highest BCUT2D eigenvalue weighted by atomic mass is 16.7. The lowest BCUT2D eigenvalue weighted by Crippen LogP contribution is -3.10. The van der Waals surface area contributed by atoms with E-state index in [0.29, 0.717) is 5.92 Å². The van der Waals surface area contributed by atoms with Gasteiger partial charge in [0.15, 0.2) is 6.04 Å². The van der Waals surface area contributed by atoms with Gasteiger partial charge in [0, 0.05) is 26.2 Å². The molecule has 0 bridgehead atoms. The number of nitrogens with zero attached hydrogens (tertiary/aromatic N) is 2. The lowest BCUT2D eigenvalue weighted by atomic mass is 10.1. The molecular weight excluding hydrogens is 278 g/mol. The van der Waals surface area contributed by atoms with Crippen LogP contribution in [0.4, 0.5) is 0 Å². The lowest BCUT2D eigenvalue weighted by molar-refractivity contribution is -1.06. The molecule has 0 radical (unpaired) electrons. The zero-order valence-corrected chi connectivity index (χ0v) is 14.1. The number of rotatable bonds is 4. The zero-order chi connectivity index (χ0) is 16.1. The number of piperazine rings is 1. The summed E-state index contributed by atoms with van der Waals surface area (Å²) in [7, 11) is 1.72. The van der Waals surface area contributed by atoms with E-state index in [1.165, 1.54) is 5.70 Å². The van der Waals surface area contributed by atoms with Crippen LogP contribution in [0.5, 0.6) is 0 Å². The molecule has 22 heavy (non-hydrogen) atoms. The van der Waals surface area contributed by atoms with Crippen LogP contribution in [0.1, 0.15) is 20.8 Å². The smallest absolute Gasteiger partial charge is 0.246 e. The average molecular weight is 306 g/mol. The van der Waals surface area contributed by atoms with Gasteiger partial charge in [-0.2, -0.15) is 5.06 Å². The highest BCUT2D eigenvalue weighted by Crippen LogP contribution is 2.14. The summed E-state index contributed by atoms with van der Waals surface area (Å²) in [4.78, 5) is 21.8. The molecule has 2 heterocycles. The summed E-state index contributed by atoms with van der Waals surface area (Å²) in [6.07, 6.45) is 9.89. The van der Waals surface area contributed by atoms with E-state index in [1.807, 2.05) is 23.3 Å². The third-order valence-electron chi connectivity index (χ3n) is 4.21. The Morgan fingerprint density at radius 2 is 2.05 bits per heavy atom. The Balaban J connectivity index is 1.91. The number of allylic oxidation sites excluding steroid dienone is 3. The molecule has 1 N–H and O–H groups in total. The number of nitrogens with one attached hydrogen (secondary N) is 1. The Morgan fingerprint density at radius 3 is 2.64 bits per heavy atom. The van der Waals surface area contributed by atoms with E-state index < -0.39 is 0 Å². The van der Waals surface area contributed by atoms with Crippen molar-refractivity contribution in [2.75, 3.05) is 33.3 Å². The SMILES string of the molecule is CO[NH+]1C=CC=C(N2CCN(C(=O)/C=C/C(C)C)CC2)C1C. The zero-order valence-electron chi connectivity index (χ0n) is 14.1. The molecule has 2 aliphatic rings. The van der Waals surface area contributed by atoms with Crippen LogP contribution < -0.4 is 5.06 Å². The molecule has 0 aromatic heterocycles. The molecule has 1 fully saturated rings. The molecule has 2 rings (SSSR count). The molecule has 1 amide bonds. The van der Waals surface area contributed by atoms with Crippen LogP contribution in [-0.2, 0) is 9.63 Å². The monoisotopic (exact) mass is 306 g/mol. The number of carbonyl (C=O) groups is 1. The second kappa shape index (κ2) is 7.61. The maximum absolute atomic E-state index is 12.1. The van der Waals surface area contributed by atoms with Gasteiger partial charge in [0.1, 0.15) is 6.20 Å². The predicted molar refractivity (Wildman–Crippen MR) is 86.8 cm³/mol. The highest BCUT2D eigenvalue weighted by Gasteiger charge is 2.29. The number of amides is 1. The van der Waals surface area contributed by atoms with E-state index in [4.69, 9.17) is 4.84 Å². The van der Waals surface area contributed by atoms with Gasteiger partial charge in [-0.15, -0.1) is 0 Å². The first-order valence-corrected chi connectivity index (χ1v) is 8.04. The van der Waals surface area contributed by atoms with Crippen molar-refractivity contribution in [1.29, 1.82) is 0 Å². The van der Waals surface area contributed by atoms with Crippen molar-refractivity contribution in [1.82, 2.24) is 9.80 Å². The van der Waals surface area contributed by atoms with Gasteiger partial charge in [-0.25, -0.2) is 4.84 Å². The number of hydrogen-bond acceptors (Lipinski definition) is 3. The molecule has 2 aliphatic heterocycles. The predicted octanol–water partition coefficient (Wildman–Crippen LogP) is 0.589. The summed E-state index contributed by atoms with van der Waals surface area (Å²) < 4.78 is 0. The van der Waals surface area contributed by atoms with Crippen LogP contribution in [-0.4, -0.2) is 55.0 Å². The van der Waals surface area contributed by atoms with E-state index in [1.54, 1.807) is 13.2 Å². The Morgan fingerprint density at radius 1 is 1.36 bits per heavy atom. The standard InChI is InChI=1S/C17H27N3O2/c1-14(2)7-8-17(21)19-12-10-18(11-13-19)16-6-5-9-20(22-4)15(16)3/h5-9,14-15H,10-13H2,1-4H3/p+1/b8-7+. The van der Waals surface area contributed by atoms with Gasteiger partial charge in [-0.3, -0.25) is 4.79 Å². The second-order valence-corrected chi connectivity index (χ2v) is 6.19. The van der Waals surface area contributed by atoms with Crippen LogP contribution in [0.2, 0.25) is 0 Å². The molecule has 2 unspecified atom stereocenters. The Bertz CT molecular complexity index is 474. The first kappa shape index (κ1) is 16.8. The topological polar surface area (TPSA) is 37.2 Å². The van der Waals surface area contributed by atoms with E-state index in [0.717, 1.165) is 31.2 Å². The minimum absolute atomic E-state index is 0.128. The molecule has 0 aromatic rings. The van der Waals surface area contributed by atoms with Crippen LogP contribution >= 0.6 is 0 Å². The molecule has 0 spiro atoms. The average Bonchev–Trinajstić information content (AvgIpc) is 2.53. The maximum atomic E-state index is 12.1. The van der Waals surface area contributed by atoms with E-state index in [9.17, 15) is 4.79 Å². The van der Waals surface area contributed by atoms with Gasteiger partial charge in [-0.1, -0.05) is 19.9 Å². The fraction of sp³-hybridized carbons (Fsp3) is 0.588. The van der Waals surface area contributed by atoms with Crippen molar-refractivity contribution < 1.29 is 14.7 Å². The molecule has 5 heteroatoms. The fourth-order valence-electron chi connectivity index (χ4n) is 2.87. The number of hydrogen-bond donors (Lipinski definition) is 1. The summed E-state index contributed by atoms with van der Waals surface area (Å²) in [6.45, 7) is 9.63. The molecule has 2 atom stereocenters. The molecule has 0 aromatic carbocycles. The quantitative estimate of drug-likeness (QED) is 0.773. The van der Waals surface area contributed by atoms with Crippen molar-refractivity contribution in [2.45, 2.75) is 26.8 Å². The summed E-state index contributed by atoms with van der Waals surface area (Å²) in [5.41, 5.74) is 1.28. The van der Waals surface area contributed by atoms with Crippen LogP contribution in [0, 0.1) is 5.92 Å². The van der Waals surface area contributed by atoms with Gasteiger partial charge in [0.25, 0.3) is 0 Å². The van der Waals surface area contributed by atoms with E-state index in [-0.39, 0.29) is 11.9 Å². The number of quaternary nitrogens is 1. The van der Waals surface area contributed by atoms with Crippen molar-refractivity contribution in [3.63, 3.8) is 0 Å². The van der Waals surface area contributed by atoms with Crippen molar-refractivity contribution in [3.05, 3.63) is 36.2 Å². The summed E-state index contributed by atoms with van der Waals surface area (Å²) in [5, 5.41) is 0.996. The molecule has 0 saturated carbocycles. The summed E-state index contributed by atoms with van der Waals surface area (Å²) in [5.74, 6) is 0.538. The first-order chi connectivity index (χ1) is 10.5. The van der Waals surface area contributed by atoms with Crippen molar-refractivity contribution in [3.8, 4) is 0 Å². The highest BCUT2D eigenvalue weighted by molar-refractivity contribution is 5.87. The molecule has 0 aliphatic carbocycles. The Kier molecular flexibility index (Phi) is 5.80. The van der Waals surface area contributed by atoms with Gasteiger partial charge < -0.3 is 9.80 Å². The minimum atomic E-state index is 0.128. The maximum Gasteiger partial charge on any atom is 0.246 e. The summed E-state index contributed by atoms with van der Waals surface area (Å²) in [6, 6.07) is 0.276. The van der Waals surface area contributed by atoms with Crippen LogP contribution in [0.3, 0.4) is 0 Å². The van der Waals surface area contributed by atoms with Crippen molar-refractivity contribution >= 4 is 5.91 Å². The third-order valence-corrected chi connectivity index (χ3v) is 4.21. The molecule has 122 valence electrons.